The van der Waals surface area contributed by atoms with E-state index in [-0.39, 0.29) is 48.4 Å². The molecule has 3 saturated heterocycles. The van der Waals surface area contributed by atoms with Crippen LogP contribution < -0.4 is 15.5 Å². The Bertz CT molecular complexity index is 1100. The zero-order valence-corrected chi connectivity index (χ0v) is 23.3. The number of fused-ring (bicyclic) bond motifs is 1. The van der Waals surface area contributed by atoms with Gasteiger partial charge in [-0.2, -0.15) is 0 Å². The fourth-order valence-corrected chi connectivity index (χ4v) is 5.71. The molecule has 2 N–H and O–H groups in total. The van der Waals surface area contributed by atoms with E-state index in [9.17, 15) is 24.0 Å². The number of rotatable bonds is 8. The lowest BCUT2D eigenvalue weighted by atomic mass is 10.0. The van der Waals surface area contributed by atoms with Crippen LogP contribution in [0.4, 0.5) is 5.69 Å². The molecule has 4 rings (SSSR count). The lowest BCUT2D eigenvalue weighted by molar-refractivity contribution is -0.138. The second-order valence-corrected chi connectivity index (χ2v) is 11.2. The molecule has 0 saturated carbocycles. The van der Waals surface area contributed by atoms with Crippen molar-refractivity contribution >= 4 is 35.1 Å². The fraction of sp³-hybridized carbons (Fsp3) is 0.607. The normalized spacial score (nSPS) is 22.2. The molecular weight excluding hydrogens is 500 g/mol. The van der Waals surface area contributed by atoms with E-state index in [2.05, 4.69) is 27.5 Å². The fourth-order valence-electron chi connectivity index (χ4n) is 5.71. The number of hydrogen-bond acceptors (Lipinski definition) is 7. The summed E-state index contributed by atoms with van der Waals surface area (Å²) >= 11 is 0. The van der Waals surface area contributed by atoms with Crippen molar-refractivity contribution in [1.29, 1.82) is 0 Å². The number of Topliss-reactive ketones (excluding diaryl/α,β-unsaturated/α-hetero) is 1. The molecule has 0 spiro atoms. The van der Waals surface area contributed by atoms with Crippen LogP contribution in [0.25, 0.3) is 0 Å². The summed E-state index contributed by atoms with van der Waals surface area (Å²) in [7, 11) is 2.11. The molecule has 3 fully saturated rings. The van der Waals surface area contributed by atoms with E-state index in [1.165, 1.54) is 16.7 Å². The van der Waals surface area contributed by atoms with E-state index in [0.29, 0.717) is 24.9 Å². The Hall–Kier alpha value is -3.47. The number of likely N-dealkylation sites (N-methyl/N-ethyl adjacent to an activating group) is 1. The number of benzene rings is 1. The van der Waals surface area contributed by atoms with Gasteiger partial charge in [0, 0.05) is 50.9 Å². The van der Waals surface area contributed by atoms with Crippen LogP contribution in [0.2, 0.25) is 0 Å². The number of piperazine rings is 1. The Morgan fingerprint density at radius 3 is 2.26 bits per heavy atom. The van der Waals surface area contributed by atoms with E-state index in [4.69, 9.17) is 0 Å². The second-order valence-electron chi connectivity index (χ2n) is 11.2. The molecule has 11 heteroatoms. The van der Waals surface area contributed by atoms with E-state index >= 15 is 0 Å². The number of likely N-dealkylation sites (tertiary alicyclic amines) is 2. The number of hydrogen-bond donors (Lipinski definition) is 2. The highest BCUT2D eigenvalue weighted by Crippen LogP contribution is 2.31. The van der Waals surface area contributed by atoms with E-state index in [1.807, 2.05) is 26.0 Å². The summed E-state index contributed by atoms with van der Waals surface area (Å²) in [4.78, 5) is 71.2. The van der Waals surface area contributed by atoms with Crippen molar-refractivity contribution in [2.24, 2.45) is 5.92 Å². The van der Waals surface area contributed by atoms with E-state index in [1.54, 1.807) is 12.1 Å². The Morgan fingerprint density at radius 2 is 1.64 bits per heavy atom. The van der Waals surface area contributed by atoms with Gasteiger partial charge in [-0.15, -0.1) is 0 Å². The van der Waals surface area contributed by atoms with Crippen molar-refractivity contribution < 1.29 is 24.0 Å². The maximum absolute atomic E-state index is 13.7. The summed E-state index contributed by atoms with van der Waals surface area (Å²) in [6.45, 7) is 9.19. The molecule has 3 heterocycles. The topological polar surface area (TPSA) is 122 Å². The number of nitrogens with one attached hydrogen (secondary N) is 2. The monoisotopic (exact) mass is 540 g/mol. The minimum absolute atomic E-state index is 0.0849. The van der Waals surface area contributed by atoms with Gasteiger partial charge in [0.25, 0.3) is 5.91 Å². The molecule has 212 valence electrons. The largest absolute Gasteiger partial charge is 0.369 e. The number of ketones is 1. The molecule has 0 radical (unpaired) electrons. The average Bonchev–Trinajstić information content (AvgIpc) is 3.48. The van der Waals surface area contributed by atoms with Crippen molar-refractivity contribution in [3.05, 3.63) is 29.8 Å². The van der Waals surface area contributed by atoms with Gasteiger partial charge in [0.1, 0.15) is 12.1 Å². The summed E-state index contributed by atoms with van der Waals surface area (Å²) in [5, 5.41) is 5.40. The molecule has 3 atom stereocenters. The Balaban J connectivity index is 1.42. The molecule has 0 aliphatic carbocycles. The first-order chi connectivity index (χ1) is 18.5. The Morgan fingerprint density at radius 1 is 0.974 bits per heavy atom. The van der Waals surface area contributed by atoms with Gasteiger partial charge in [-0.05, 0) is 50.1 Å². The van der Waals surface area contributed by atoms with Crippen molar-refractivity contribution in [2.45, 2.75) is 51.7 Å². The van der Waals surface area contributed by atoms with Crippen LogP contribution >= 0.6 is 0 Å². The highest BCUT2D eigenvalue weighted by atomic mass is 16.2. The molecular formula is C28H40N6O5. The Labute approximate surface area is 229 Å². The van der Waals surface area contributed by atoms with Gasteiger partial charge in [-0.3, -0.25) is 24.0 Å². The minimum atomic E-state index is -0.787. The van der Waals surface area contributed by atoms with Crippen LogP contribution in [-0.2, 0) is 19.2 Å². The van der Waals surface area contributed by atoms with Crippen LogP contribution in [0.1, 0.15) is 44.0 Å². The molecule has 3 unspecified atom stereocenters. The predicted molar refractivity (Wildman–Crippen MR) is 146 cm³/mol. The van der Waals surface area contributed by atoms with Crippen molar-refractivity contribution in [3.63, 3.8) is 0 Å². The highest BCUT2D eigenvalue weighted by molar-refractivity contribution is 6.01. The van der Waals surface area contributed by atoms with Gasteiger partial charge in [0.05, 0.1) is 19.1 Å². The van der Waals surface area contributed by atoms with Gasteiger partial charge < -0.3 is 30.2 Å². The standard InChI is InChI=1S/C28H40N6O5/c1-18(2)15-22(30-27(38)20-5-7-21(8-6-20)32-13-11-31(4)12-14-32)28(39)33-10-9-23-26(33)24(36)17-34(23)25(37)16-29-19(3)35/h5-8,18,22-23,26H,9-17H2,1-4H3,(H,29,35)(H,30,38). The predicted octanol–water partition coefficient (Wildman–Crippen LogP) is 0.0998. The van der Waals surface area contributed by atoms with Crippen LogP contribution in [0.15, 0.2) is 24.3 Å². The Kier molecular flexibility index (Phi) is 8.89. The van der Waals surface area contributed by atoms with Crippen LogP contribution in [0.3, 0.4) is 0 Å². The lowest BCUT2D eigenvalue weighted by Crippen LogP contribution is -2.53. The van der Waals surface area contributed by atoms with Crippen molar-refractivity contribution in [1.82, 2.24) is 25.3 Å². The smallest absolute Gasteiger partial charge is 0.251 e. The van der Waals surface area contributed by atoms with E-state index < -0.39 is 18.1 Å². The molecule has 11 nitrogen and oxygen atoms in total. The molecule has 3 aliphatic rings. The first-order valence-corrected chi connectivity index (χ1v) is 13.8. The lowest BCUT2D eigenvalue weighted by Gasteiger charge is -2.34. The molecule has 0 bridgehead atoms. The maximum atomic E-state index is 13.7. The van der Waals surface area contributed by atoms with Crippen LogP contribution in [0.5, 0.6) is 0 Å². The number of nitrogens with zero attached hydrogens (tertiary/aromatic N) is 4. The van der Waals surface area contributed by atoms with Gasteiger partial charge in [0.2, 0.25) is 17.7 Å². The second kappa shape index (κ2) is 12.1. The summed E-state index contributed by atoms with van der Waals surface area (Å²) < 4.78 is 0. The first kappa shape index (κ1) is 28.5. The third kappa shape index (κ3) is 6.58. The number of anilines is 1. The number of carbonyl (C=O) groups is 5. The van der Waals surface area contributed by atoms with Crippen LogP contribution in [-0.4, -0.2) is 115 Å². The van der Waals surface area contributed by atoms with Crippen LogP contribution in [0, 0.1) is 5.92 Å². The van der Waals surface area contributed by atoms with Gasteiger partial charge >= 0.3 is 0 Å². The maximum Gasteiger partial charge on any atom is 0.251 e. The molecule has 3 aliphatic heterocycles. The first-order valence-electron chi connectivity index (χ1n) is 13.8. The zero-order chi connectivity index (χ0) is 28.3. The minimum Gasteiger partial charge on any atom is -0.369 e. The average molecular weight is 541 g/mol. The number of carbonyl (C=O) groups excluding carboxylic acids is 5. The zero-order valence-electron chi connectivity index (χ0n) is 23.3. The quantitative estimate of drug-likeness (QED) is 0.480. The van der Waals surface area contributed by atoms with Crippen molar-refractivity contribution in [3.8, 4) is 0 Å². The summed E-state index contributed by atoms with van der Waals surface area (Å²) in [5.41, 5.74) is 1.54. The number of amides is 4. The molecule has 0 aromatic heterocycles. The highest BCUT2D eigenvalue weighted by Gasteiger charge is 2.52. The molecule has 4 amide bonds. The van der Waals surface area contributed by atoms with Crippen molar-refractivity contribution in [2.75, 3.05) is 57.8 Å². The summed E-state index contributed by atoms with van der Waals surface area (Å²) in [6, 6.07) is 5.51. The molecule has 39 heavy (non-hydrogen) atoms. The van der Waals surface area contributed by atoms with Gasteiger partial charge in [-0.1, -0.05) is 13.8 Å². The molecule has 1 aromatic carbocycles. The van der Waals surface area contributed by atoms with Gasteiger partial charge in [-0.25, -0.2) is 0 Å². The SMILES string of the molecule is CC(=O)NCC(=O)N1CC(=O)C2C1CCN2C(=O)C(CC(C)C)NC(=O)c1ccc(N2CCN(C)CC2)cc1. The van der Waals surface area contributed by atoms with Gasteiger partial charge in [0.15, 0.2) is 5.78 Å². The summed E-state index contributed by atoms with van der Waals surface area (Å²) in [6.07, 6.45) is 0.904. The third-order valence-corrected chi connectivity index (χ3v) is 7.82. The summed E-state index contributed by atoms with van der Waals surface area (Å²) in [5.74, 6) is -1.37. The third-order valence-electron chi connectivity index (χ3n) is 7.82. The molecule has 1 aromatic rings. The van der Waals surface area contributed by atoms with E-state index in [0.717, 1.165) is 31.9 Å².